The highest BCUT2D eigenvalue weighted by Crippen LogP contribution is 2.20. The number of ether oxygens (including phenoxy) is 1. The van der Waals surface area contributed by atoms with Gasteiger partial charge in [0.1, 0.15) is 0 Å². The maximum Gasteiger partial charge on any atom is 0.238 e. The number of methoxy groups -OCH3 is 1. The van der Waals surface area contributed by atoms with Gasteiger partial charge >= 0.3 is 0 Å². The molecule has 0 unspecified atom stereocenters. The zero-order valence-corrected chi connectivity index (χ0v) is 8.63. The molecular weight excluding hydrogens is 199 g/mol. The maximum absolute atomic E-state index is 13.2. The van der Waals surface area contributed by atoms with Crippen molar-refractivity contribution in [2.75, 3.05) is 26.0 Å². The molecule has 5 heteroatoms. The normalized spacial score (nSPS) is 9.80. The molecular formula is C10H13FN2O2. The lowest BCUT2D eigenvalue weighted by Gasteiger charge is -2.06. The fraction of sp³-hybridized carbons (Fsp3) is 0.300. The summed E-state index contributed by atoms with van der Waals surface area (Å²) in [4.78, 5) is 11.2. The van der Waals surface area contributed by atoms with E-state index in [0.717, 1.165) is 0 Å². The Morgan fingerprint density at radius 2 is 2.27 bits per heavy atom. The minimum atomic E-state index is -0.500. The van der Waals surface area contributed by atoms with Crippen LogP contribution in [0.4, 0.5) is 10.1 Å². The van der Waals surface area contributed by atoms with Gasteiger partial charge in [-0.2, -0.15) is 0 Å². The van der Waals surface area contributed by atoms with Crippen LogP contribution >= 0.6 is 0 Å². The van der Waals surface area contributed by atoms with Crippen LogP contribution in [0.1, 0.15) is 0 Å². The van der Waals surface area contributed by atoms with Crippen molar-refractivity contribution in [3.05, 3.63) is 24.0 Å². The molecule has 0 heterocycles. The molecule has 0 aliphatic rings. The van der Waals surface area contributed by atoms with Gasteiger partial charge in [-0.05, 0) is 19.2 Å². The Kier molecular flexibility index (Phi) is 4.05. The minimum absolute atomic E-state index is 0.154. The van der Waals surface area contributed by atoms with E-state index in [1.54, 1.807) is 13.1 Å². The van der Waals surface area contributed by atoms with Crippen LogP contribution in [0, 0.1) is 5.82 Å². The van der Waals surface area contributed by atoms with Crippen LogP contribution in [0.5, 0.6) is 5.75 Å². The van der Waals surface area contributed by atoms with Crippen molar-refractivity contribution in [1.82, 2.24) is 5.32 Å². The minimum Gasteiger partial charge on any atom is -0.494 e. The highest BCUT2D eigenvalue weighted by Gasteiger charge is 2.05. The summed E-state index contributed by atoms with van der Waals surface area (Å²) in [5.74, 6) is -0.566. The first-order chi connectivity index (χ1) is 7.17. The summed E-state index contributed by atoms with van der Waals surface area (Å²) in [5, 5.41) is 5.23. The Morgan fingerprint density at radius 1 is 1.53 bits per heavy atom. The van der Waals surface area contributed by atoms with Gasteiger partial charge in [-0.15, -0.1) is 0 Å². The molecule has 0 aromatic heterocycles. The molecule has 1 aromatic rings. The Balaban J connectivity index is 2.71. The van der Waals surface area contributed by atoms with Gasteiger partial charge < -0.3 is 15.4 Å². The number of benzene rings is 1. The average Bonchev–Trinajstić information content (AvgIpc) is 2.18. The van der Waals surface area contributed by atoms with Crippen molar-refractivity contribution in [2.24, 2.45) is 0 Å². The number of likely N-dealkylation sites (N-methyl/N-ethyl adjacent to an activating group) is 1. The first-order valence-corrected chi connectivity index (χ1v) is 4.45. The van der Waals surface area contributed by atoms with E-state index in [1.807, 2.05) is 0 Å². The van der Waals surface area contributed by atoms with Crippen molar-refractivity contribution in [3.8, 4) is 5.75 Å². The molecule has 0 aliphatic heterocycles. The monoisotopic (exact) mass is 212 g/mol. The summed E-state index contributed by atoms with van der Waals surface area (Å²) in [6, 6.07) is 4.26. The molecule has 2 N–H and O–H groups in total. The predicted molar refractivity (Wildman–Crippen MR) is 55.5 cm³/mol. The van der Waals surface area contributed by atoms with Crippen LogP contribution < -0.4 is 15.4 Å². The fourth-order valence-electron chi connectivity index (χ4n) is 1.11. The van der Waals surface area contributed by atoms with Crippen LogP contribution in [-0.4, -0.2) is 26.6 Å². The topological polar surface area (TPSA) is 50.4 Å². The van der Waals surface area contributed by atoms with Gasteiger partial charge in [-0.25, -0.2) is 4.39 Å². The number of carbonyl (C=O) groups is 1. The molecule has 0 spiro atoms. The van der Waals surface area contributed by atoms with Crippen LogP contribution in [0.3, 0.4) is 0 Å². The van der Waals surface area contributed by atoms with Gasteiger partial charge in [0.15, 0.2) is 11.6 Å². The summed E-state index contributed by atoms with van der Waals surface area (Å²) < 4.78 is 17.9. The summed E-state index contributed by atoms with van der Waals surface area (Å²) >= 11 is 0. The van der Waals surface area contributed by atoms with Crippen molar-refractivity contribution in [1.29, 1.82) is 0 Å². The summed E-state index contributed by atoms with van der Waals surface area (Å²) in [6.07, 6.45) is 0. The van der Waals surface area contributed by atoms with E-state index in [2.05, 4.69) is 10.6 Å². The largest absolute Gasteiger partial charge is 0.494 e. The van der Waals surface area contributed by atoms with E-state index in [4.69, 9.17) is 4.74 Å². The second-order valence-corrected chi connectivity index (χ2v) is 2.93. The number of hydrogen-bond acceptors (Lipinski definition) is 3. The molecule has 0 saturated carbocycles. The number of anilines is 1. The van der Waals surface area contributed by atoms with Crippen molar-refractivity contribution >= 4 is 11.6 Å². The molecule has 15 heavy (non-hydrogen) atoms. The van der Waals surface area contributed by atoms with Gasteiger partial charge in [0, 0.05) is 11.8 Å². The van der Waals surface area contributed by atoms with Gasteiger partial charge in [-0.1, -0.05) is 0 Å². The lowest BCUT2D eigenvalue weighted by molar-refractivity contribution is -0.115. The molecule has 4 nitrogen and oxygen atoms in total. The number of hydrogen-bond donors (Lipinski definition) is 2. The Labute approximate surface area is 87.4 Å². The molecule has 82 valence electrons. The highest BCUT2D eigenvalue weighted by atomic mass is 19.1. The third-order valence-corrected chi connectivity index (χ3v) is 1.77. The standard InChI is InChI=1S/C10H13FN2O2/c1-12-6-10(14)13-7-3-4-9(15-2)8(11)5-7/h3-5,12H,6H2,1-2H3,(H,13,14). The van der Waals surface area contributed by atoms with E-state index in [9.17, 15) is 9.18 Å². The first-order valence-electron chi connectivity index (χ1n) is 4.45. The summed E-state index contributed by atoms with van der Waals surface area (Å²) in [5.41, 5.74) is 0.411. The third kappa shape index (κ3) is 3.21. The predicted octanol–water partition coefficient (Wildman–Crippen LogP) is 0.992. The quantitative estimate of drug-likeness (QED) is 0.782. The molecule has 0 radical (unpaired) electrons. The molecule has 0 bridgehead atoms. The van der Waals surface area contributed by atoms with E-state index < -0.39 is 5.82 Å². The van der Waals surface area contributed by atoms with E-state index >= 15 is 0 Å². The van der Waals surface area contributed by atoms with E-state index in [-0.39, 0.29) is 18.2 Å². The highest BCUT2D eigenvalue weighted by molar-refractivity contribution is 5.92. The van der Waals surface area contributed by atoms with Crippen LogP contribution in [0.2, 0.25) is 0 Å². The van der Waals surface area contributed by atoms with Crippen molar-refractivity contribution < 1.29 is 13.9 Å². The number of amides is 1. The molecule has 0 saturated heterocycles. The van der Waals surface area contributed by atoms with Gasteiger partial charge in [-0.3, -0.25) is 4.79 Å². The second kappa shape index (κ2) is 5.31. The molecule has 0 aliphatic carbocycles. The number of rotatable bonds is 4. The van der Waals surface area contributed by atoms with Crippen LogP contribution in [0.25, 0.3) is 0 Å². The first kappa shape index (κ1) is 11.5. The number of halogens is 1. The fourth-order valence-corrected chi connectivity index (χ4v) is 1.11. The Hall–Kier alpha value is -1.62. The second-order valence-electron chi connectivity index (χ2n) is 2.93. The van der Waals surface area contributed by atoms with Gasteiger partial charge in [0.25, 0.3) is 0 Å². The Bertz CT molecular complexity index is 355. The molecule has 1 aromatic carbocycles. The zero-order chi connectivity index (χ0) is 11.3. The van der Waals surface area contributed by atoms with E-state index in [0.29, 0.717) is 5.69 Å². The van der Waals surface area contributed by atoms with Crippen molar-refractivity contribution in [2.45, 2.75) is 0 Å². The number of nitrogens with one attached hydrogen (secondary N) is 2. The van der Waals surface area contributed by atoms with Crippen LogP contribution in [-0.2, 0) is 4.79 Å². The lowest BCUT2D eigenvalue weighted by atomic mass is 10.3. The van der Waals surface area contributed by atoms with Crippen LogP contribution in [0.15, 0.2) is 18.2 Å². The van der Waals surface area contributed by atoms with E-state index in [1.165, 1.54) is 19.2 Å². The SMILES string of the molecule is CNCC(=O)Nc1ccc(OC)c(F)c1. The molecule has 1 amide bonds. The molecule has 0 fully saturated rings. The van der Waals surface area contributed by atoms with Crippen molar-refractivity contribution in [3.63, 3.8) is 0 Å². The average molecular weight is 212 g/mol. The maximum atomic E-state index is 13.2. The molecule has 1 rings (SSSR count). The van der Waals surface area contributed by atoms with Gasteiger partial charge in [0.2, 0.25) is 5.91 Å². The van der Waals surface area contributed by atoms with Gasteiger partial charge in [0.05, 0.1) is 13.7 Å². The smallest absolute Gasteiger partial charge is 0.238 e. The zero-order valence-electron chi connectivity index (χ0n) is 8.63. The number of carbonyl (C=O) groups excluding carboxylic acids is 1. The summed E-state index contributed by atoms with van der Waals surface area (Å²) in [6.45, 7) is 0.188. The molecule has 0 atom stereocenters. The Morgan fingerprint density at radius 3 is 2.80 bits per heavy atom. The lowest BCUT2D eigenvalue weighted by Crippen LogP contribution is -2.25. The summed E-state index contributed by atoms with van der Waals surface area (Å²) in [7, 11) is 3.05. The third-order valence-electron chi connectivity index (χ3n) is 1.77.